The number of alkyl carbamates (subject to hydrolysis) is 1. The summed E-state index contributed by atoms with van der Waals surface area (Å²) in [5, 5.41) is 12.1. The summed E-state index contributed by atoms with van der Waals surface area (Å²) in [4.78, 5) is 38.4. The van der Waals surface area contributed by atoms with E-state index in [4.69, 9.17) is 9.47 Å². The highest BCUT2D eigenvalue weighted by Crippen LogP contribution is 2.44. The Balaban J connectivity index is 1.47. The molecule has 9 nitrogen and oxygen atoms in total. The highest BCUT2D eigenvalue weighted by atomic mass is 19.1. The average molecular weight is 506 g/mol. The van der Waals surface area contributed by atoms with E-state index in [0.29, 0.717) is 19.7 Å². The van der Waals surface area contributed by atoms with E-state index in [1.54, 1.807) is 25.7 Å². The first-order chi connectivity index (χ1) is 16.9. The average Bonchev–Trinajstić information content (AvgIpc) is 3.21. The number of halogens is 2. The van der Waals surface area contributed by atoms with E-state index < -0.39 is 52.3 Å². The monoisotopic (exact) mass is 505 g/mol. The van der Waals surface area contributed by atoms with E-state index in [9.17, 15) is 23.9 Å². The number of carbonyl (C=O) groups is 2. The molecule has 1 aliphatic carbocycles. The van der Waals surface area contributed by atoms with Crippen molar-refractivity contribution in [2.45, 2.75) is 57.0 Å². The molecule has 1 saturated carbocycles. The zero-order chi connectivity index (χ0) is 26.0. The van der Waals surface area contributed by atoms with Gasteiger partial charge in [0.1, 0.15) is 28.8 Å². The number of nitrogens with zero attached hydrogens (tertiary/aromatic N) is 2. The number of anilines is 1. The SMILES string of the molecule is CC(C)(C)OC(=O)NCC12CN(c3cc4c(cc3F)c(=O)c(C(=O)O)cn4[C@@H]3C[C@@H]3F)CC1CCO2. The molecule has 2 saturated heterocycles. The van der Waals surface area contributed by atoms with Crippen molar-refractivity contribution < 1.29 is 33.0 Å². The fourth-order valence-corrected chi connectivity index (χ4v) is 5.31. The van der Waals surface area contributed by atoms with Gasteiger partial charge in [-0.15, -0.1) is 0 Å². The number of carboxylic acid groups (broad SMARTS) is 1. The molecular formula is C25H29F2N3O6. The molecule has 4 atom stereocenters. The van der Waals surface area contributed by atoms with E-state index in [-0.39, 0.29) is 35.5 Å². The normalized spacial score (nSPS) is 27.2. The van der Waals surface area contributed by atoms with Gasteiger partial charge < -0.3 is 29.4 Å². The molecule has 0 spiro atoms. The van der Waals surface area contributed by atoms with Crippen LogP contribution < -0.4 is 15.6 Å². The second kappa shape index (κ2) is 8.43. The summed E-state index contributed by atoms with van der Waals surface area (Å²) in [6.45, 7) is 6.78. The minimum absolute atomic E-state index is 0.0257. The predicted octanol–water partition coefficient (Wildman–Crippen LogP) is 3.24. The smallest absolute Gasteiger partial charge is 0.407 e. The molecule has 36 heavy (non-hydrogen) atoms. The van der Waals surface area contributed by atoms with Crippen LogP contribution >= 0.6 is 0 Å². The van der Waals surface area contributed by atoms with E-state index in [0.717, 1.165) is 18.7 Å². The molecule has 5 rings (SSSR count). The minimum atomic E-state index is -1.44. The van der Waals surface area contributed by atoms with Crippen LogP contribution in [0.1, 0.15) is 50.0 Å². The van der Waals surface area contributed by atoms with Crippen LogP contribution in [0.15, 0.2) is 23.1 Å². The van der Waals surface area contributed by atoms with Crippen molar-refractivity contribution in [3.05, 3.63) is 39.9 Å². The number of ether oxygens (including phenoxy) is 2. The molecule has 1 aromatic heterocycles. The molecule has 2 aliphatic heterocycles. The van der Waals surface area contributed by atoms with E-state index in [2.05, 4.69) is 5.32 Å². The number of amides is 1. The summed E-state index contributed by atoms with van der Waals surface area (Å²) < 4.78 is 42.2. The zero-order valence-corrected chi connectivity index (χ0v) is 20.3. The van der Waals surface area contributed by atoms with Crippen molar-refractivity contribution in [1.82, 2.24) is 9.88 Å². The van der Waals surface area contributed by atoms with Gasteiger partial charge in [-0.05, 0) is 39.3 Å². The fraction of sp³-hybridized carbons (Fsp3) is 0.560. The largest absolute Gasteiger partial charge is 0.477 e. The lowest BCUT2D eigenvalue weighted by atomic mass is 9.91. The van der Waals surface area contributed by atoms with Gasteiger partial charge in [-0.3, -0.25) is 4.79 Å². The van der Waals surface area contributed by atoms with Crippen molar-refractivity contribution in [3.8, 4) is 0 Å². The Labute approximate surface area is 206 Å². The second-order valence-electron chi connectivity index (χ2n) is 10.9. The molecule has 0 radical (unpaired) electrons. The summed E-state index contributed by atoms with van der Waals surface area (Å²) >= 11 is 0. The van der Waals surface area contributed by atoms with Crippen molar-refractivity contribution in [2.24, 2.45) is 5.92 Å². The van der Waals surface area contributed by atoms with Gasteiger partial charge in [0.15, 0.2) is 0 Å². The Hall–Kier alpha value is -3.21. The number of carboxylic acids is 1. The first-order valence-electron chi connectivity index (χ1n) is 12.0. The lowest BCUT2D eigenvalue weighted by molar-refractivity contribution is -0.000269. The third-order valence-electron chi connectivity index (χ3n) is 7.14. The van der Waals surface area contributed by atoms with E-state index in [1.165, 1.54) is 10.6 Å². The Morgan fingerprint density at radius 2 is 2.06 bits per heavy atom. The number of benzene rings is 1. The number of hydrogen-bond acceptors (Lipinski definition) is 6. The summed E-state index contributed by atoms with van der Waals surface area (Å²) in [6.07, 6.45) is 0.355. The van der Waals surface area contributed by atoms with Gasteiger partial charge in [0.25, 0.3) is 0 Å². The second-order valence-corrected chi connectivity index (χ2v) is 10.9. The summed E-state index contributed by atoms with van der Waals surface area (Å²) in [5.74, 6) is -2.10. The molecule has 2 aromatic rings. The summed E-state index contributed by atoms with van der Waals surface area (Å²) in [7, 11) is 0. The van der Waals surface area contributed by atoms with Crippen LogP contribution in [0.4, 0.5) is 19.3 Å². The number of aromatic carboxylic acids is 1. The van der Waals surface area contributed by atoms with Crippen LogP contribution in [0.25, 0.3) is 10.9 Å². The van der Waals surface area contributed by atoms with E-state index >= 15 is 4.39 Å². The predicted molar refractivity (Wildman–Crippen MR) is 127 cm³/mol. The highest BCUT2D eigenvalue weighted by Gasteiger charge is 2.52. The number of hydrogen-bond donors (Lipinski definition) is 2. The van der Waals surface area contributed by atoms with Gasteiger partial charge in [-0.1, -0.05) is 0 Å². The standard InChI is InChI=1S/C25H29F2N3O6/c1-24(2,3)36-23(34)28-11-25-12-29(9-13(25)4-5-35-25)19-8-18-14(6-16(19)26)21(31)15(22(32)33)10-30(18)20-7-17(20)27/h6,8,10,13,17,20H,4-5,7,9,11-12H2,1-3H3,(H,28,34)(H,32,33)/t13?,17-,20+,25?/m0/s1. The number of carbonyl (C=O) groups excluding carboxylic acids is 1. The fourth-order valence-electron chi connectivity index (χ4n) is 5.31. The van der Waals surface area contributed by atoms with Crippen LogP contribution in [0.3, 0.4) is 0 Å². The number of rotatable bonds is 5. The molecule has 1 aromatic carbocycles. The van der Waals surface area contributed by atoms with Crippen LogP contribution in [0, 0.1) is 11.7 Å². The molecule has 3 aliphatic rings. The third-order valence-corrected chi connectivity index (χ3v) is 7.14. The number of aromatic nitrogens is 1. The number of fused-ring (bicyclic) bond motifs is 2. The van der Waals surface area contributed by atoms with Crippen molar-refractivity contribution in [2.75, 3.05) is 31.1 Å². The van der Waals surface area contributed by atoms with Gasteiger partial charge in [0, 0.05) is 43.6 Å². The first-order valence-corrected chi connectivity index (χ1v) is 12.0. The molecule has 3 heterocycles. The quantitative estimate of drug-likeness (QED) is 0.642. The lowest BCUT2D eigenvalue weighted by Gasteiger charge is -2.29. The van der Waals surface area contributed by atoms with Crippen molar-refractivity contribution in [1.29, 1.82) is 0 Å². The molecule has 2 unspecified atom stereocenters. The maximum atomic E-state index is 15.4. The summed E-state index contributed by atoms with van der Waals surface area (Å²) in [6, 6.07) is 1.92. The Morgan fingerprint density at radius 3 is 2.69 bits per heavy atom. The number of pyridine rings is 1. The van der Waals surface area contributed by atoms with E-state index in [1.807, 2.05) is 0 Å². The molecular weight excluding hydrogens is 476 g/mol. The number of alkyl halides is 1. The van der Waals surface area contributed by atoms with Gasteiger partial charge in [-0.25, -0.2) is 18.4 Å². The maximum absolute atomic E-state index is 15.4. The van der Waals surface area contributed by atoms with Gasteiger partial charge in [0.2, 0.25) is 5.43 Å². The summed E-state index contributed by atoms with van der Waals surface area (Å²) in [5.41, 5.74) is -2.22. The molecule has 1 amide bonds. The van der Waals surface area contributed by atoms with Crippen LogP contribution in [-0.2, 0) is 9.47 Å². The number of nitrogens with one attached hydrogen (secondary N) is 1. The van der Waals surface area contributed by atoms with Crippen LogP contribution in [-0.4, -0.2) is 65.4 Å². The Morgan fingerprint density at radius 1 is 1.33 bits per heavy atom. The first kappa shape index (κ1) is 24.5. The Kier molecular flexibility index (Phi) is 5.73. The zero-order valence-electron chi connectivity index (χ0n) is 20.3. The van der Waals surface area contributed by atoms with Crippen LogP contribution in [0.2, 0.25) is 0 Å². The molecule has 194 valence electrons. The van der Waals surface area contributed by atoms with Gasteiger partial charge >= 0.3 is 12.1 Å². The van der Waals surface area contributed by atoms with Gasteiger partial charge in [-0.2, -0.15) is 0 Å². The van der Waals surface area contributed by atoms with Crippen molar-refractivity contribution in [3.63, 3.8) is 0 Å². The Bertz CT molecular complexity index is 1310. The van der Waals surface area contributed by atoms with Gasteiger partial charge in [0.05, 0.1) is 23.8 Å². The topological polar surface area (TPSA) is 110 Å². The minimum Gasteiger partial charge on any atom is -0.477 e. The molecule has 2 N–H and O–H groups in total. The van der Waals surface area contributed by atoms with Crippen LogP contribution in [0.5, 0.6) is 0 Å². The molecule has 11 heteroatoms. The molecule has 0 bridgehead atoms. The lowest BCUT2D eigenvalue weighted by Crippen LogP contribution is -2.49. The van der Waals surface area contributed by atoms with Crippen molar-refractivity contribution >= 4 is 28.7 Å². The highest BCUT2D eigenvalue weighted by molar-refractivity contribution is 5.93. The molecule has 3 fully saturated rings. The third kappa shape index (κ3) is 4.29. The maximum Gasteiger partial charge on any atom is 0.407 e.